The van der Waals surface area contributed by atoms with Crippen LogP contribution in [0.5, 0.6) is 0 Å². The van der Waals surface area contributed by atoms with Gasteiger partial charge in [-0.25, -0.2) is 0 Å². The van der Waals surface area contributed by atoms with Gasteiger partial charge in [-0.2, -0.15) is 0 Å². The van der Waals surface area contributed by atoms with Gasteiger partial charge in [-0.05, 0) is 87.2 Å². The monoisotopic (exact) mass is 368 g/mol. The van der Waals surface area contributed by atoms with E-state index in [1.54, 1.807) is 0 Å². The second-order valence-electron chi connectivity index (χ2n) is 9.70. The van der Waals surface area contributed by atoms with Gasteiger partial charge in [0, 0.05) is 0 Å². The van der Waals surface area contributed by atoms with Gasteiger partial charge in [0.1, 0.15) is 0 Å². The zero-order valence-corrected chi connectivity index (χ0v) is 17.7. The third-order valence-corrected chi connectivity index (χ3v) is 7.55. The quantitative estimate of drug-likeness (QED) is 0.514. The van der Waals surface area contributed by atoms with Crippen molar-refractivity contribution in [2.24, 2.45) is 35.0 Å². The number of fused-ring (bicyclic) bond motifs is 2. The Balaban J connectivity index is 1.89. The van der Waals surface area contributed by atoms with E-state index in [4.69, 9.17) is 0 Å². The fourth-order valence-corrected chi connectivity index (χ4v) is 5.98. The molecule has 6 atom stereocenters. The standard InChI is InChI=1S/C25H36O2/c1-16(2)7-6-8-17(3)20-11-12-25(5)14-21-18(4)13-23(27)24(21)19(15-26)9-10-22(20)25/h6-9,13,17,20-22,24,26H,10-12,14-15H2,1-5H3/b8-6-,19-9?/t17-,20+,21+,22-,24?,25+/m0/s1. The van der Waals surface area contributed by atoms with E-state index in [0.717, 1.165) is 18.4 Å². The maximum absolute atomic E-state index is 12.6. The van der Waals surface area contributed by atoms with Crippen molar-refractivity contribution < 1.29 is 9.90 Å². The third-order valence-electron chi connectivity index (χ3n) is 7.55. The summed E-state index contributed by atoms with van der Waals surface area (Å²) in [7, 11) is 0. The van der Waals surface area contributed by atoms with Crippen LogP contribution in [0.25, 0.3) is 0 Å². The van der Waals surface area contributed by atoms with Gasteiger partial charge in [-0.15, -0.1) is 0 Å². The molecule has 27 heavy (non-hydrogen) atoms. The summed E-state index contributed by atoms with van der Waals surface area (Å²) < 4.78 is 0. The van der Waals surface area contributed by atoms with Crippen molar-refractivity contribution in [3.05, 3.63) is 47.1 Å². The number of carbonyl (C=O) groups excluding carboxylic acids is 1. The second kappa shape index (κ2) is 7.91. The molecule has 0 spiro atoms. The maximum Gasteiger partial charge on any atom is 0.163 e. The summed E-state index contributed by atoms with van der Waals surface area (Å²) in [6.07, 6.45) is 15.4. The molecule has 1 fully saturated rings. The van der Waals surface area contributed by atoms with Crippen LogP contribution < -0.4 is 0 Å². The molecule has 1 saturated carbocycles. The summed E-state index contributed by atoms with van der Waals surface area (Å²) >= 11 is 0. The van der Waals surface area contributed by atoms with Gasteiger partial charge < -0.3 is 5.11 Å². The van der Waals surface area contributed by atoms with Crippen LogP contribution in [0.2, 0.25) is 0 Å². The van der Waals surface area contributed by atoms with Crippen LogP contribution >= 0.6 is 0 Å². The Morgan fingerprint density at radius 2 is 2.15 bits per heavy atom. The largest absolute Gasteiger partial charge is 0.392 e. The summed E-state index contributed by atoms with van der Waals surface area (Å²) in [5.41, 5.74) is 3.78. The normalized spacial score (nSPS) is 37.2. The lowest BCUT2D eigenvalue weighted by Crippen LogP contribution is -2.34. The Morgan fingerprint density at radius 1 is 1.41 bits per heavy atom. The molecule has 0 bridgehead atoms. The molecule has 2 heteroatoms. The highest BCUT2D eigenvalue weighted by atomic mass is 16.3. The molecule has 0 radical (unpaired) electrons. The van der Waals surface area contributed by atoms with Crippen LogP contribution in [-0.2, 0) is 4.79 Å². The van der Waals surface area contributed by atoms with Crippen LogP contribution in [0, 0.1) is 35.0 Å². The van der Waals surface area contributed by atoms with Crippen molar-refractivity contribution in [1.29, 1.82) is 0 Å². The summed E-state index contributed by atoms with van der Waals surface area (Å²) in [6, 6.07) is 0. The first-order valence-corrected chi connectivity index (χ1v) is 10.6. The molecule has 3 rings (SSSR count). The van der Waals surface area contributed by atoms with Crippen LogP contribution in [-0.4, -0.2) is 17.5 Å². The molecule has 0 aromatic rings. The molecular weight excluding hydrogens is 332 g/mol. The molecule has 0 saturated heterocycles. The van der Waals surface area contributed by atoms with Crippen molar-refractivity contribution in [1.82, 2.24) is 0 Å². The molecule has 0 aromatic carbocycles. The average molecular weight is 369 g/mol. The second-order valence-corrected chi connectivity index (χ2v) is 9.70. The predicted octanol–water partition coefficient (Wildman–Crippen LogP) is 5.65. The molecule has 3 aliphatic rings. The topological polar surface area (TPSA) is 37.3 Å². The summed E-state index contributed by atoms with van der Waals surface area (Å²) in [5.74, 6) is 2.21. The minimum absolute atomic E-state index is 0.0121. The van der Waals surface area contributed by atoms with Gasteiger partial charge in [0.2, 0.25) is 0 Å². The Kier molecular flexibility index (Phi) is 5.96. The van der Waals surface area contributed by atoms with Crippen molar-refractivity contribution in [2.45, 2.75) is 60.3 Å². The first-order valence-electron chi connectivity index (χ1n) is 10.6. The van der Waals surface area contributed by atoms with Gasteiger partial charge >= 0.3 is 0 Å². The molecule has 0 heterocycles. The predicted molar refractivity (Wildman–Crippen MR) is 112 cm³/mol. The molecule has 0 aliphatic heterocycles. The lowest BCUT2D eigenvalue weighted by atomic mass is 9.63. The van der Waals surface area contributed by atoms with Crippen molar-refractivity contribution >= 4 is 5.78 Å². The minimum Gasteiger partial charge on any atom is -0.392 e. The molecule has 148 valence electrons. The van der Waals surface area contributed by atoms with E-state index in [0.29, 0.717) is 17.8 Å². The molecule has 3 aliphatic carbocycles. The van der Waals surface area contributed by atoms with Crippen molar-refractivity contribution in [3.63, 3.8) is 0 Å². The maximum atomic E-state index is 12.6. The first kappa shape index (κ1) is 20.3. The SMILES string of the molecule is CC(C)=C/C=C\[C@H](C)[C@H]1CC[C@]2(C)C[C@@H]3C(C)=CC(=O)C3C(CO)=CC[C@@H]12. The van der Waals surface area contributed by atoms with E-state index >= 15 is 0 Å². The number of allylic oxidation sites excluding steroid dienone is 7. The van der Waals surface area contributed by atoms with Gasteiger partial charge in [0.25, 0.3) is 0 Å². The number of aliphatic hydroxyl groups is 1. The van der Waals surface area contributed by atoms with Crippen LogP contribution in [0.1, 0.15) is 60.3 Å². The van der Waals surface area contributed by atoms with Crippen LogP contribution in [0.15, 0.2) is 47.1 Å². The fraction of sp³-hybridized carbons (Fsp3) is 0.640. The van der Waals surface area contributed by atoms with Gasteiger partial charge in [-0.1, -0.05) is 49.3 Å². The number of ketones is 1. The summed E-state index contributed by atoms with van der Waals surface area (Å²) in [6.45, 7) is 11.2. The van der Waals surface area contributed by atoms with E-state index in [2.05, 4.69) is 58.9 Å². The number of hydrogen-bond donors (Lipinski definition) is 1. The highest BCUT2D eigenvalue weighted by Crippen LogP contribution is 2.58. The molecule has 1 unspecified atom stereocenters. The number of carbonyl (C=O) groups is 1. The Morgan fingerprint density at radius 3 is 2.81 bits per heavy atom. The summed E-state index contributed by atoms with van der Waals surface area (Å²) in [5, 5.41) is 9.95. The molecule has 1 N–H and O–H groups in total. The number of rotatable bonds is 4. The Hall–Kier alpha value is -1.41. The third kappa shape index (κ3) is 3.92. The summed E-state index contributed by atoms with van der Waals surface area (Å²) in [4.78, 5) is 12.6. The molecule has 2 nitrogen and oxygen atoms in total. The molecular formula is C25H36O2. The smallest absolute Gasteiger partial charge is 0.163 e. The fourth-order valence-electron chi connectivity index (χ4n) is 5.98. The molecule has 0 aromatic heterocycles. The van der Waals surface area contributed by atoms with Gasteiger partial charge in [0.15, 0.2) is 5.78 Å². The van der Waals surface area contributed by atoms with Gasteiger partial charge in [-0.3, -0.25) is 4.79 Å². The minimum atomic E-state index is -0.109. The Bertz CT molecular complexity index is 704. The lowest BCUT2D eigenvalue weighted by molar-refractivity contribution is -0.117. The van der Waals surface area contributed by atoms with E-state index in [1.165, 1.54) is 24.0 Å². The number of aliphatic hydroxyl groups excluding tert-OH is 1. The van der Waals surface area contributed by atoms with E-state index in [1.807, 2.05) is 6.08 Å². The van der Waals surface area contributed by atoms with E-state index in [9.17, 15) is 9.90 Å². The van der Waals surface area contributed by atoms with Crippen LogP contribution in [0.4, 0.5) is 0 Å². The zero-order valence-electron chi connectivity index (χ0n) is 17.7. The first-order chi connectivity index (χ1) is 12.8. The molecule has 0 amide bonds. The average Bonchev–Trinajstić information content (AvgIpc) is 3.04. The van der Waals surface area contributed by atoms with Crippen molar-refractivity contribution in [2.75, 3.05) is 6.61 Å². The van der Waals surface area contributed by atoms with Crippen molar-refractivity contribution in [3.8, 4) is 0 Å². The van der Waals surface area contributed by atoms with E-state index in [-0.39, 0.29) is 29.6 Å². The van der Waals surface area contributed by atoms with Gasteiger partial charge in [0.05, 0.1) is 12.5 Å². The van der Waals surface area contributed by atoms with E-state index < -0.39 is 0 Å². The zero-order chi connectivity index (χ0) is 19.8. The van der Waals surface area contributed by atoms with Crippen LogP contribution in [0.3, 0.4) is 0 Å². The highest BCUT2D eigenvalue weighted by Gasteiger charge is 2.50. The number of hydrogen-bond acceptors (Lipinski definition) is 2. The lowest BCUT2D eigenvalue weighted by Gasteiger charge is -2.41. The highest BCUT2D eigenvalue weighted by molar-refractivity contribution is 5.97. The Labute approximate surface area is 165 Å².